The van der Waals surface area contributed by atoms with Gasteiger partial charge in [0.05, 0.1) is 5.54 Å². The predicted molar refractivity (Wildman–Crippen MR) is 47.3 cm³/mol. The van der Waals surface area contributed by atoms with Crippen LogP contribution >= 0.6 is 12.2 Å². The second kappa shape index (κ2) is 2.39. The van der Waals surface area contributed by atoms with Gasteiger partial charge >= 0.3 is 0 Å². The maximum atomic E-state index is 5.04. The molecule has 0 bridgehead atoms. The Bertz CT molecular complexity index is 333. The molecular weight excluding hydrogens is 172 g/mol. The van der Waals surface area contributed by atoms with E-state index in [-0.39, 0.29) is 5.54 Å². The number of nitrogens with zero attached hydrogens (tertiary/aromatic N) is 3. The van der Waals surface area contributed by atoms with E-state index in [1.165, 1.54) is 12.8 Å². The van der Waals surface area contributed by atoms with Crippen LogP contribution in [-0.4, -0.2) is 20.2 Å². The van der Waals surface area contributed by atoms with Crippen LogP contribution in [0.5, 0.6) is 0 Å². The number of H-pyrrole nitrogens is 1. The van der Waals surface area contributed by atoms with Crippen molar-refractivity contribution in [2.45, 2.75) is 32.2 Å². The van der Waals surface area contributed by atoms with Gasteiger partial charge in [0.25, 0.3) is 0 Å². The normalized spacial score (nSPS) is 18.2. The summed E-state index contributed by atoms with van der Waals surface area (Å²) >= 11 is 5.04. The fraction of sp³-hybridized carbons (Fsp3) is 0.857. The summed E-state index contributed by atoms with van der Waals surface area (Å²) in [5.41, 5.74) is 0.0561. The van der Waals surface area contributed by atoms with Crippen LogP contribution in [0.1, 0.15) is 26.7 Å². The van der Waals surface area contributed by atoms with Crippen molar-refractivity contribution in [3.05, 3.63) is 4.77 Å². The van der Waals surface area contributed by atoms with Crippen molar-refractivity contribution in [1.29, 1.82) is 0 Å². The van der Waals surface area contributed by atoms with Crippen LogP contribution in [0.3, 0.4) is 0 Å². The van der Waals surface area contributed by atoms with Gasteiger partial charge in [0, 0.05) is 0 Å². The van der Waals surface area contributed by atoms with E-state index < -0.39 is 0 Å². The van der Waals surface area contributed by atoms with Crippen molar-refractivity contribution < 1.29 is 0 Å². The van der Waals surface area contributed by atoms with E-state index in [0.29, 0.717) is 4.77 Å². The molecule has 1 fully saturated rings. The summed E-state index contributed by atoms with van der Waals surface area (Å²) < 4.78 is 2.42. The van der Waals surface area contributed by atoms with Crippen molar-refractivity contribution in [2.75, 3.05) is 0 Å². The first kappa shape index (κ1) is 7.91. The summed E-state index contributed by atoms with van der Waals surface area (Å²) in [6.07, 6.45) is 2.57. The Morgan fingerprint density at radius 3 is 2.67 bits per heavy atom. The number of rotatable bonds is 2. The molecule has 1 aliphatic carbocycles. The highest BCUT2D eigenvalue weighted by Gasteiger charge is 2.40. The molecule has 1 heterocycles. The third kappa shape index (κ3) is 1.08. The Labute approximate surface area is 76.0 Å². The fourth-order valence-corrected chi connectivity index (χ4v) is 1.86. The maximum Gasteiger partial charge on any atom is 0.238 e. The molecule has 2 rings (SSSR count). The molecule has 1 aromatic heterocycles. The van der Waals surface area contributed by atoms with Gasteiger partial charge in [-0.3, -0.25) is 0 Å². The van der Waals surface area contributed by atoms with E-state index in [1.54, 1.807) is 0 Å². The lowest BCUT2D eigenvalue weighted by Crippen LogP contribution is -2.30. The van der Waals surface area contributed by atoms with Crippen molar-refractivity contribution in [3.63, 3.8) is 0 Å². The lowest BCUT2D eigenvalue weighted by atomic mass is 9.99. The zero-order chi connectivity index (χ0) is 8.77. The van der Waals surface area contributed by atoms with Gasteiger partial charge in [0.15, 0.2) is 0 Å². The Balaban J connectivity index is 2.40. The molecule has 1 aliphatic rings. The molecule has 0 saturated heterocycles. The zero-order valence-corrected chi connectivity index (χ0v) is 8.06. The maximum absolute atomic E-state index is 5.04. The summed E-state index contributed by atoms with van der Waals surface area (Å²) in [5, 5.41) is 10.3. The number of aromatic amines is 1. The van der Waals surface area contributed by atoms with E-state index in [2.05, 4.69) is 29.4 Å². The quantitative estimate of drug-likeness (QED) is 0.708. The molecule has 5 heteroatoms. The molecule has 0 aromatic carbocycles. The van der Waals surface area contributed by atoms with Crippen LogP contribution in [0.15, 0.2) is 0 Å². The Hall–Kier alpha value is -0.710. The Morgan fingerprint density at radius 2 is 2.25 bits per heavy atom. The molecule has 1 N–H and O–H groups in total. The van der Waals surface area contributed by atoms with Crippen LogP contribution in [0.25, 0.3) is 0 Å². The fourth-order valence-electron chi connectivity index (χ4n) is 1.55. The minimum Gasteiger partial charge on any atom is -0.237 e. The number of tetrazole rings is 1. The molecule has 0 unspecified atom stereocenters. The molecule has 4 nitrogen and oxygen atoms in total. The van der Waals surface area contributed by atoms with Gasteiger partial charge in [0.1, 0.15) is 0 Å². The first-order valence-corrected chi connectivity index (χ1v) is 4.54. The van der Waals surface area contributed by atoms with E-state index in [0.717, 1.165) is 5.92 Å². The van der Waals surface area contributed by atoms with Gasteiger partial charge in [-0.2, -0.15) is 5.21 Å². The van der Waals surface area contributed by atoms with Gasteiger partial charge < -0.3 is 0 Å². The summed E-state index contributed by atoms with van der Waals surface area (Å²) in [6, 6.07) is 0. The van der Waals surface area contributed by atoms with Crippen molar-refractivity contribution in [1.82, 2.24) is 20.2 Å². The molecule has 0 spiro atoms. The van der Waals surface area contributed by atoms with Crippen molar-refractivity contribution >= 4 is 12.2 Å². The summed E-state index contributed by atoms with van der Waals surface area (Å²) in [5.74, 6) is 0.728. The second-order valence-corrected chi connectivity index (χ2v) is 4.21. The Kier molecular flexibility index (Phi) is 1.57. The van der Waals surface area contributed by atoms with Crippen LogP contribution in [-0.2, 0) is 5.54 Å². The third-order valence-electron chi connectivity index (χ3n) is 2.62. The standard InChI is InChI=1S/C7H12N4S/c1-7(2,5-3-4-5)11-6(12)8-9-10-11/h5H,3-4H2,1-2H3,(H,8,10,12). The van der Waals surface area contributed by atoms with Gasteiger partial charge in [-0.15, -0.1) is 0 Å². The van der Waals surface area contributed by atoms with Gasteiger partial charge in [-0.05, 0) is 44.8 Å². The van der Waals surface area contributed by atoms with E-state index in [4.69, 9.17) is 12.2 Å². The van der Waals surface area contributed by atoms with Gasteiger partial charge in [-0.25, -0.2) is 4.68 Å². The lowest BCUT2D eigenvalue weighted by molar-refractivity contribution is 0.265. The van der Waals surface area contributed by atoms with E-state index >= 15 is 0 Å². The lowest BCUT2D eigenvalue weighted by Gasteiger charge is -2.24. The molecule has 1 aromatic rings. The van der Waals surface area contributed by atoms with E-state index in [1.807, 2.05) is 4.68 Å². The molecule has 0 radical (unpaired) electrons. The highest BCUT2D eigenvalue weighted by Crippen LogP contribution is 2.43. The van der Waals surface area contributed by atoms with Crippen molar-refractivity contribution in [2.24, 2.45) is 5.92 Å². The van der Waals surface area contributed by atoms with Gasteiger partial charge in [-0.1, -0.05) is 10.3 Å². The van der Waals surface area contributed by atoms with Crippen molar-refractivity contribution in [3.8, 4) is 0 Å². The third-order valence-corrected chi connectivity index (χ3v) is 2.89. The van der Waals surface area contributed by atoms with Crippen LogP contribution in [0.2, 0.25) is 0 Å². The topological polar surface area (TPSA) is 46.5 Å². The van der Waals surface area contributed by atoms with Crippen LogP contribution in [0.4, 0.5) is 0 Å². The molecular formula is C7H12N4S. The molecule has 66 valence electrons. The molecule has 0 aliphatic heterocycles. The molecule has 12 heavy (non-hydrogen) atoms. The monoisotopic (exact) mass is 184 g/mol. The number of aromatic nitrogens is 4. The average Bonchev–Trinajstić information content (AvgIpc) is 2.75. The molecule has 1 saturated carbocycles. The highest BCUT2D eigenvalue weighted by molar-refractivity contribution is 7.71. The minimum absolute atomic E-state index is 0.0561. The SMILES string of the molecule is CC(C)(C1CC1)n1[nH]nnc1=S. The number of hydrogen-bond acceptors (Lipinski definition) is 3. The van der Waals surface area contributed by atoms with Gasteiger partial charge in [0.2, 0.25) is 4.77 Å². The molecule has 0 amide bonds. The first-order chi connectivity index (χ1) is 5.62. The Morgan fingerprint density at radius 1 is 1.58 bits per heavy atom. The van der Waals surface area contributed by atoms with Crippen LogP contribution < -0.4 is 0 Å². The minimum atomic E-state index is 0.0561. The highest BCUT2D eigenvalue weighted by atomic mass is 32.1. The summed E-state index contributed by atoms with van der Waals surface area (Å²) in [6.45, 7) is 4.33. The number of nitrogens with one attached hydrogen (secondary N) is 1. The smallest absolute Gasteiger partial charge is 0.237 e. The average molecular weight is 184 g/mol. The zero-order valence-electron chi connectivity index (χ0n) is 7.24. The molecule has 0 atom stereocenters. The second-order valence-electron chi connectivity index (χ2n) is 3.85. The summed E-state index contributed by atoms with van der Waals surface area (Å²) in [4.78, 5) is 0. The first-order valence-electron chi connectivity index (χ1n) is 4.13. The van der Waals surface area contributed by atoms with E-state index in [9.17, 15) is 0 Å². The van der Waals surface area contributed by atoms with Crippen LogP contribution in [0, 0.1) is 10.7 Å². The largest absolute Gasteiger partial charge is 0.238 e. The predicted octanol–water partition coefficient (Wildman–Crippen LogP) is 1.48. The number of hydrogen-bond donors (Lipinski definition) is 1. The summed E-state index contributed by atoms with van der Waals surface area (Å²) in [7, 11) is 0.